The zero-order chi connectivity index (χ0) is 16.5. The summed E-state index contributed by atoms with van der Waals surface area (Å²) in [7, 11) is 1.63. The Labute approximate surface area is 135 Å². The van der Waals surface area contributed by atoms with E-state index in [9.17, 15) is 4.79 Å². The number of amides is 1. The van der Waals surface area contributed by atoms with E-state index in [1.165, 1.54) is 0 Å². The summed E-state index contributed by atoms with van der Waals surface area (Å²) in [6.07, 6.45) is 0.737. The number of benzene rings is 1. The average Bonchev–Trinajstić information content (AvgIpc) is 2.96. The van der Waals surface area contributed by atoms with Gasteiger partial charge in [0.15, 0.2) is 0 Å². The molecule has 0 aliphatic carbocycles. The highest BCUT2D eigenvalue weighted by atomic mass is 16.5. The van der Waals surface area contributed by atoms with Gasteiger partial charge < -0.3 is 19.3 Å². The summed E-state index contributed by atoms with van der Waals surface area (Å²) < 4.78 is 15.4. The third-order valence-electron chi connectivity index (χ3n) is 3.32. The Balaban J connectivity index is 1.89. The number of ether oxygens (including phenoxy) is 2. The average molecular weight is 318 g/mol. The predicted molar refractivity (Wildman–Crippen MR) is 86.3 cm³/mol. The fourth-order valence-electron chi connectivity index (χ4n) is 2.14. The van der Waals surface area contributed by atoms with Crippen molar-refractivity contribution in [2.75, 3.05) is 33.5 Å². The molecule has 124 valence electrons. The lowest BCUT2D eigenvalue weighted by molar-refractivity contribution is 0.0688. The number of carbonyl (C=O) groups excluding carboxylic acids is 1. The molecule has 0 fully saturated rings. The molecule has 0 atom stereocenters. The van der Waals surface area contributed by atoms with Crippen molar-refractivity contribution in [3.05, 3.63) is 41.7 Å². The molecule has 0 aliphatic heterocycles. The number of nitrogens with one attached hydrogen (secondary N) is 1. The van der Waals surface area contributed by atoms with Gasteiger partial charge in [-0.2, -0.15) is 0 Å². The molecule has 0 bridgehead atoms. The minimum Gasteiger partial charge on any atom is -0.382 e. The summed E-state index contributed by atoms with van der Waals surface area (Å²) in [5.41, 5.74) is 1.91. The van der Waals surface area contributed by atoms with E-state index in [1.807, 2.05) is 30.3 Å². The molecule has 2 aromatic rings. The van der Waals surface area contributed by atoms with Gasteiger partial charge in [0.25, 0.3) is 5.91 Å². The fourth-order valence-corrected chi connectivity index (χ4v) is 2.14. The smallest absolute Gasteiger partial charge is 0.257 e. The first kappa shape index (κ1) is 17.2. The van der Waals surface area contributed by atoms with Crippen LogP contribution < -0.4 is 5.32 Å². The van der Waals surface area contributed by atoms with Crippen molar-refractivity contribution in [1.29, 1.82) is 0 Å². The minimum atomic E-state index is -0.181. The van der Waals surface area contributed by atoms with Crippen molar-refractivity contribution < 1.29 is 18.8 Å². The van der Waals surface area contributed by atoms with Crippen molar-refractivity contribution in [2.24, 2.45) is 0 Å². The molecule has 1 amide bonds. The topological polar surface area (TPSA) is 73.6 Å². The minimum absolute atomic E-state index is 0.181. The van der Waals surface area contributed by atoms with E-state index < -0.39 is 0 Å². The number of hydrogen-bond acceptors (Lipinski definition) is 5. The SMILES string of the molecule is COCCOCCCNC(=O)c1c(-c2ccccc2)noc1C. The summed E-state index contributed by atoms with van der Waals surface area (Å²) in [6.45, 7) is 3.99. The van der Waals surface area contributed by atoms with Gasteiger partial charge in [0.2, 0.25) is 0 Å². The number of aryl methyl sites for hydroxylation is 1. The summed E-state index contributed by atoms with van der Waals surface area (Å²) in [5, 5.41) is 6.89. The number of methoxy groups -OCH3 is 1. The van der Waals surface area contributed by atoms with Gasteiger partial charge in [0, 0.05) is 25.8 Å². The lowest BCUT2D eigenvalue weighted by atomic mass is 10.1. The zero-order valence-electron chi connectivity index (χ0n) is 13.5. The second-order valence-electron chi connectivity index (χ2n) is 5.04. The fraction of sp³-hybridized carbons (Fsp3) is 0.412. The summed E-state index contributed by atoms with van der Waals surface area (Å²) in [4.78, 5) is 12.4. The molecular weight excluding hydrogens is 296 g/mol. The van der Waals surface area contributed by atoms with Gasteiger partial charge in [-0.3, -0.25) is 4.79 Å². The first-order chi connectivity index (χ1) is 11.2. The second-order valence-corrected chi connectivity index (χ2v) is 5.04. The van der Waals surface area contributed by atoms with Crippen molar-refractivity contribution >= 4 is 5.91 Å². The van der Waals surface area contributed by atoms with Crippen molar-refractivity contribution in [3.8, 4) is 11.3 Å². The maximum absolute atomic E-state index is 12.4. The molecule has 0 unspecified atom stereocenters. The molecular formula is C17H22N2O4. The molecule has 1 heterocycles. The molecule has 0 radical (unpaired) electrons. The van der Waals surface area contributed by atoms with Crippen LogP contribution >= 0.6 is 0 Å². The maximum atomic E-state index is 12.4. The van der Waals surface area contributed by atoms with Gasteiger partial charge in [-0.05, 0) is 13.3 Å². The van der Waals surface area contributed by atoms with Crippen LogP contribution in [0, 0.1) is 6.92 Å². The van der Waals surface area contributed by atoms with E-state index in [-0.39, 0.29) is 5.91 Å². The number of carbonyl (C=O) groups is 1. The predicted octanol–water partition coefficient (Wildman–Crippen LogP) is 2.43. The van der Waals surface area contributed by atoms with E-state index in [0.717, 1.165) is 12.0 Å². The normalized spacial score (nSPS) is 10.7. The number of nitrogens with zero attached hydrogens (tertiary/aromatic N) is 1. The molecule has 2 rings (SSSR count). The first-order valence-electron chi connectivity index (χ1n) is 7.60. The lowest BCUT2D eigenvalue weighted by Gasteiger charge is -2.06. The zero-order valence-corrected chi connectivity index (χ0v) is 13.5. The molecule has 0 aliphatic rings. The Hall–Kier alpha value is -2.18. The van der Waals surface area contributed by atoms with Gasteiger partial charge in [0.1, 0.15) is 17.0 Å². The Morgan fingerprint density at radius 1 is 1.22 bits per heavy atom. The van der Waals surface area contributed by atoms with Crippen LogP contribution in [0.1, 0.15) is 22.5 Å². The standard InChI is InChI=1S/C17H22N2O4/c1-13-15(16(19-23-13)14-7-4-3-5-8-14)17(20)18-9-6-10-22-12-11-21-2/h3-5,7-8H,6,9-12H2,1-2H3,(H,18,20). The molecule has 1 N–H and O–H groups in total. The van der Waals surface area contributed by atoms with Crippen LogP contribution in [0.15, 0.2) is 34.9 Å². The van der Waals surface area contributed by atoms with Crippen molar-refractivity contribution in [2.45, 2.75) is 13.3 Å². The molecule has 23 heavy (non-hydrogen) atoms. The highest BCUT2D eigenvalue weighted by Crippen LogP contribution is 2.24. The van der Waals surface area contributed by atoms with Gasteiger partial charge in [0.05, 0.1) is 13.2 Å². The van der Waals surface area contributed by atoms with Gasteiger partial charge in [-0.15, -0.1) is 0 Å². The highest BCUT2D eigenvalue weighted by molar-refractivity contribution is 6.00. The monoisotopic (exact) mass is 318 g/mol. The third-order valence-corrected chi connectivity index (χ3v) is 3.32. The number of rotatable bonds is 9. The number of hydrogen-bond donors (Lipinski definition) is 1. The van der Waals surface area contributed by atoms with E-state index in [1.54, 1.807) is 14.0 Å². The number of aromatic nitrogens is 1. The van der Waals surface area contributed by atoms with Crippen LogP contribution in [0.4, 0.5) is 0 Å². The molecule has 0 saturated carbocycles. The van der Waals surface area contributed by atoms with Gasteiger partial charge in [-0.1, -0.05) is 35.5 Å². The van der Waals surface area contributed by atoms with Crippen LogP contribution in [-0.2, 0) is 9.47 Å². The third kappa shape index (κ3) is 4.91. The van der Waals surface area contributed by atoms with Crippen LogP contribution in [-0.4, -0.2) is 44.5 Å². The summed E-state index contributed by atoms with van der Waals surface area (Å²) >= 11 is 0. The largest absolute Gasteiger partial charge is 0.382 e. The Bertz CT molecular complexity index is 610. The molecule has 1 aromatic carbocycles. The Kier molecular flexibility index (Phi) is 6.77. The van der Waals surface area contributed by atoms with E-state index in [2.05, 4.69) is 10.5 Å². The highest BCUT2D eigenvalue weighted by Gasteiger charge is 2.20. The van der Waals surface area contributed by atoms with Crippen LogP contribution in [0.3, 0.4) is 0 Å². The summed E-state index contributed by atoms with van der Waals surface area (Å²) in [5.74, 6) is 0.331. The van der Waals surface area contributed by atoms with Crippen LogP contribution in [0.25, 0.3) is 11.3 Å². The quantitative estimate of drug-likeness (QED) is 0.719. The second kappa shape index (κ2) is 9.07. The van der Waals surface area contributed by atoms with Crippen molar-refractivity contribution in [3.63, 3.8) is 0 Å². The first-order valence-corrected chi connectivity index (χ1v) is 7.60. The van der Waals surface area contributed by atoms with Crippen LogP contribution in [0.5, 0.6) is 0 Å². The van der Waals surface area contributed by atoms with E-state index >= 15 is 0 Å². The Morgan fingerprint density at radius 2 is 2.00 bits per heavy atom. The molecule has 6 nitrogen and oxygen atoms in total. The summed E-state index contributed by atoms with van der Waals surface area (Å²) in [6, 6.07) is 9.52. The van der Waals surface area contributed by atoms with Crippen LogP contribution in [0.2, 0.25) is 0 Å². The van der Waals surface area contributed by atoms with E-state index in [0.29, 0.717) is 43.4 Å². The molecule has 0 spiro atoms. The Morgan fingerprint density at radius 3 is 2.74 bits per heavy atom. The molecule has 6 heteroatoms. The van der Waals surface area contributed by atoms with Gasteiger partial charge >= 0.3 is 0 Å². The lowest BCUT2D eigenvalue weighted by Crippen LogP contribution is -2.26. The maximum Gasteiger partial charge on any atom is 0.257 e. The van der Waals surface area contributed by atoms with Crippen molar-refractivity contribution in [1.82, 2.24) is 10.5 Å². The molecule has 1 aromatic heterocycles. The van der Waals surface area contributed by atoms with Gasteiger partial charge in [-0.25, -0.2) is 0 Å². The molecule has 0 saturated heterocycles. The van der Waals surface area contributed by atoms with E-state index in [4.69, 9.17) is 14.0 Å².